The van der Waals surface area contributed by atoms with Crippen molar-refractivity contribution in [3.05, 3.63) is 70.9 Å². The van der Waals surface area contributed by atoms with E-state index in [0.717, 1.165) is 33.1 Å². The zero-order chi connectivity index (χ0) is 21.5. The molecule has 9 nitrogen and oxygen atoms in total. The molecule has 0 aliphatic heterocycles. The van der Waals surface area contributed by atoms with E-state index >= 15 is 0 Å². The first-order valence-electron chi connectivity index (χ1n) is 8.56. The van der Waals surface area contributed by atoms with Gasteiger partial charge >= 0.3 is 17.3 Å². The average Bonchev–Trinajstić information content (AvgIpc) is 3.03. The van der Waals surface area contributed by atoms with Gasteiger partial charge in [0.2, 0.25) is 0 Å². The van der Waals surface area contributed by atoms with Crippen LogP contribution in [0, 0.1) is 17.2 Å². The van der Waals surface area contributed by atoms with E-state index in [1.165, 1.54) is 0 Å². The van der Waals surface area contributed by atoms with Gasteiger partial charge in [0, 0.05) is 22.9 Å². The Labute approximate surface area is 170 Å². The molecule has 0 bridgehead atoms. The van der Waals surface area contributed by atoms with Gasteiger partial charge in [0.05, 0.1) is 23.3 Å². The number of aromatic amines is 1. The topological polar surface area (TPSA) is 162 Å². The standard InChI is InChI=1S/C20H12N2O3.ClHO4/c1-11-8-13-9-17-18(25-20(23)22-17)10-14(13)19(24-11)16-7-6-12-4-2-3-5-15(12)21-16;2-1(3,4)5/h2-10H,1H3;(H,2,3,4,5). The molecule has 30 heavy (non-hydrogen) atoms. The van der Waals surface area contributed by atoms with Crippen molar-refractivity contribution in [1.29, 1.82) is 0 Å². The van der Waals surface area contributed by atoms with Crippen LogP contribution < -0.4 is 24.4 Å². The number of aryl methyl sites for hydroxylation is 1. The number of halogens is 1. The van der Waals surface area contributed by atoms with E-state index in [4.69, 9.17) is 32.5 Å². The van der Waals surface area contributed by atoms with E-state index in [0.29, 0.717) is 16.9 Å². The summed E-state index contributed by atoms with van der Waals surface area (Å²) in [6, 6.07) is 17.6. The Hall–Kier alpha value is -3.34. The molecule has 0 unspecified atom stereocenters. The molecular formula is C20H13ClN2O7. The van der Waals surface area contributed by atoms with E-state index in [2.05, 4.69) is 4.98 Å². The molecule has 0 aliphatic rings. The van der Waals surface area contributed by atoms with Gasteiger partial charge in [0.1, 0.15) is 0 Å². The highest BCUT2D eigenvalue weighted by Gasteiger charge is 2.22. The summed E-state index contributed by atoms with van der Waals surface area (Å²) < 4.78 is 45.2. The molecule has 5 aromatic rings. The fraction of sp³-hybridized carbons (Fsp3) is 0.0500. The van der Waals surface area contributed by atoms with Crippen LogP contribution in [-0.4, -0.2) is 9.97 Å². The third-order valence-electron chi connectivity index (χ3n) is 4.29. The van der Waals surface area contributed by atoms with Gasteiger partial charge in [-0.3, -0.25) is 4.98 Å². The van der Waals surface area contributed by atoms with Crippen LogP contribution in [0.25, 0.3) is 44.2 Å². The summed E-state index contributed by atoms with van der Waals surface area (Å²) in [6.07, 6.45) is 0. The number of para-hydroxylation sites is 1. The lowest BCUT2D eigenvalue weighted by molar-refractivity contribution is -2.00. The maximum Gasteiger partial charge on any atom is 0.417 e. The van der Waals surface area contributed by atoms with Crippen molar-refractivity contribution in [1.82, 2.24) is 9.97 Å². The fourth-order valence-electron chi connectivity index (χ4n) is 3.18. The molecule has 10 heteroatoms. The number of nitrogens with one attached hydrogen (secondary N) is 1. The highest BCUT2D eigenvalue weighted by Crippen LogP contribution is 2.32. The number of hydrogen-bond donors (Lipinski definition) is 1. The predicted molar refractivity (Wildman–Crippen MR) is 96.5 cm³/mol. The second-order valence-electron chi connectivity index (χ2n) is 6.40. The van der Waals surface area contributed by atoms with Crippen LogP contribution in [0.3, 0.4) is 0 Å². The van der Waals surface area contributed by atoms with Gasteiger partial charge in [-0.2, -0.15) is 0 Å². The Bertz CT molecular complexity index is 1430. The minimum Gasteiger partial charge on any atom is -0.408 e. The molecule has 0 aliphatic carbocycles. The van der Waals surface area contributed by atoms with Crippen LogP contribution in [0.4, 0.5) is 0 Å². The van der Waals surface area contributed by atoms with Gasteiger partial charge in [-0.15, -0.1) is 10.2 Å². The molecule has 152 valence electrons. The summed E-state index contributed by atoms with van der Waals surface area (Å²) in [5, 5.41) is 2.88. The Morgan fingerprint density at radius 3 is 2.50 bits per heavy atom. The molecule has 0 atom stereocenters. The molecule has 3 aromatic heterocycles. The number of benzene rings is 2. The van der Waals surface area contributed by atoms with Crippen molar-refractivity contribution in [3.63, 3.8) is 0 Å². The highest BCUT2D eigenvalue weighted by molar-refractivity contribution is 6.00. The molecule has 2 aromatic carbocycles. The molecule has 0 saturated heterocycles. The van der Waals surface area contributed by atoms with Gasteiger partial charge < -0.3 is 4.42 Å². The van der Waals surface area contributed by atoms with Crippen molar-refractivity contribution < 1.29 is 37.7 Å². The number of H-pyrrole nitrogens is 1. The molecule has 0 saturated carbocycles. The van der Waals surface area contributed by atoms with Crippen LogP contribution in [-0.2, 0) is 0 Å². The van der Waals surface area contributed by atoms with E-state index < -0.39 is 16.0 Å². The lowest BCUT2D eigenvalue weighted by Gasteiger charge is -2.17. The normalized spacial score (nSPS) is 11.6. The van der Waals surface area contributed by atoms with Crippen LogP contribution >= 0.6 is 0 Å². The smallest absolute Gasteiger partial charge is 0.408 e. The van der Waals surface area contributed by atoms with Crippen LogP contribution in [0.2, 0.25) is 0 Å². The van der Waals surface area contributed by atoms with Crippen molar-refractivity contribution in [2.24, 2.45) is 0 Å². The average molecular weight is 429 g/mol. The zero-order valence-corrected chi connectivity index (χ0v) is 16.1. The van der Waals surface area contributed by atoms with E-state index in [-0.39, 0.29) is 0 Å². The van der Waals surface area contributed by atoms with Crippen molar-refractivity contribution in [3.8, 4) is 11.5 Å². The van der Waals surface area contributed by atoms with Crippen LogP contribution in [0.5, 0.6) is 0 Å². The van der Waals surface area contributed by atoms with Crippen molar-refractivity contribution in [2.45, 2.75) is 6.92 Å². The maximum atomic E-state index is 11.5. The lowest BCUT2D eigenvalue weighted by atomic mass is 10.1. The van der Waals surface area contributed by atoms with Gasteiger partial charge in [0.25, 0.3) is 0 Å². The molecule has 0 radical (unpaired) electrons. The molecule has 0 spiro atoms. The van der Waals surface area contributed by atoms with Gasteiger partial charge in [-0.1, -0.05) is 24.3 Å². The first kappa shape index (κ1) is 20.0. The Balaban J connectivity index is 0.000000393. The summed E-state index contributed by atoms with van der Waals surface area (Å²) in [7, 11) is -4.94. The minimum atomic E-state index is -4.94. The Kier molecular flexibility index (Phi) is 4.98. The summed E-state index contributed by atoms with van der Waals surface area (Å²) in [6.45, 7) is 1.90. The third-order valence-corrected chi connectivity index (χ3v) is 4.29. The van der Waals surface area contributed by atoms with E-state index in [1.54, 1.807) is 0 Å². The number of rotatable bonds is 1. The zero-order valence-electron chi connectivity index (χ0n) is 15.4. The number of pyridine rings is 1. The summed E-state index contributed by atoms with van der Waals surface area (Å²) in [4.78, 5) is 18.9. The molecule has 1 N–H and O–H groups in total. The third kappa shape index (κ3) is 4.30. The number of nitrogens with zero attached hydrogens (tertiary/aromatic N) is 1. The molecule has 5 rings (SSSR count). The highest BCUT2D eigenvalue weighted by atomic mass is 35.7. The summed E-state index contributed by atoms with van der Waals surface area (Å²) in [5.41, 5.74) is 2.81. The largest absolute Gasteiger partial charge is 0.417 e. The first-order chi connectivity index (χ1) is 14.2. The molecule has 0 fully saturated rings. The molecular weight excluding hydrogens is 416 g/mol. The number of hydrogen-bond acceptors (Lipinski definition) is 7. The maximum absolute atomic E-state index is 11.5. The second-order valence-corrected chi connectivity index (χ2v) is 7.16. The Morgan fingerprint density at radius 1 is 1.00 bits per heavy atom. The van der Waals surface area contributed by atoms with Crippen LogP contribution in [0.1, 0.15) is 5.76 Å². The predicted octanol–water partition coefficient (Wildman–Crippen LogP) is -0.0840. The van der Waals surface area contributed by atoms with Gasteiger partial charge in [0.15, 0.2) is 11.3 Å². The quantitative estimate of drug-likeness (QED) is 0.362. The SMILES string of the molecule is Cc1cc2cc3[nH]c(=O)oc3cc2c(-c2ccc3ccccc3n2)[o+]1.[O-][Cl+3]([O-])([O-])[O-]. The minimum absolute atomic E-state index is 0.468. The number of oxazole rings is 1. The lowest BCUT2D eigenvalue weighted by Crippen LogP contribution is -2.68. The summed E-state index contributed by atoms with van der Waals surface area (Å²) >= 11 is 0. The number of fused-ring (bicyclic) bond motifs is 3. The number of aromatic nitrogens is 2. The monoisotopic (exact) mass is 428 g/mol. The van der Waals surface area contributed by atoms with Crippen molar-refractivity contribution >= 4 is 32.8 Å². The van der Waals surface area contributed by atoms with Crippen molar-refractivity contribution in [2.75, 3.05) is 0 Å². The molecule has 0 amide bonds. The van der Waals surface area contributed by atoms with E-state index in [9.17, 15) is 4.79 Å². The van der Waals surface area contributed by atoms with Gasteiger partial charge in [-0.05, 0) is 18.2 Å². The second kappa shape index (κ2) is 7.48. The Morgan fingerprint density at radius 2 is 1.73 bits per heavy atom. The molecule has 3 heterocycles. The van der Waals surface area contributed by atoms with Gasteiger partial charge in [-0.25, -0.2) is 32.8 Å². The van der Waals surface area contributed by atoms with Crippen LogP contribution in [0.15, 0.2) is 68.2 Å². The van der Waals surface area contributed by atoms with E-state index in [1.807, 2.05) is 61.5 Å². The fourth-order valence-corrected chi connectivity index (χ4v) is 3.18. The first-order valence-corrected chi connectivity index (χ1v) is 9.79. The summed E-state index contributed by atoms with van der Waals surface area (Å²) in [5.74, 6) is 0.957.